The Morgan fingerprint density at radius 1 is 1.30 bits per heavy atom. The summed E-state index contributed by atoms with van der Waals surface area (Å²) in [5, 5.41) is 3.19. The summed E-state index contributed by atoms with van der Waals surface area (Å²) in [6.45, 7) is 9.55. The summed E-state index contributed by atoms with van der Waals surface area (Å²) in [5.74, 6) is -0.228. The van der Waals surface area contributed by atoms with Crippen molar-refractivity contribution < 1.29 is 19.0 Å². The molecule has 1 fully saturated rings. The molecule has 0 spiro atoms. The summed E-state index contributed by atoms with van der Waals surface area (Å²) in [7, 11) is 0. The molecule has 1 aliphatic heterocycles. The van der Waals surface area contributed by atoms with Gasteiger partial charge in [0, 0.05) is 0 Å². The highest BCUT2D eigenvalue weighted by Crippen LogP contribution is 2.21. The Morgan fingerprint density at radius 2 is 1.95 bits per heavy atom. The van der Waals surface area contributed by atoms with Gasteiger partial charge in [0.25, 0.3) is 0 Å². The van der Waals surface area contributed by atoms with Crippen LogP contribution in [0.25, 0.3) is 0 Å². The predicted molar refractivity (Wildman–Crippen MR) is 77.7 cm³/mol. The van der Waals surface area contributed by atoms with Crippen LogP contribution in [0, 0.1) is 0 Å². The highest BCUT2D eigenvalue weighted by atomic mass is 16.5. The van der Waals surface area contributed by atoms with Crippen LogP contribution < -0.4 is 5.32 Å². The monoisotopic (exact) mass is 287 g/mol. The first kappa shape index (κ1) is 17.4. The van der Waals surface area contributed by atoms with E-state index in [1.165, 1.54) is 0 Å². The van der Waals surface area contributed by atoms with E-state index < -0.39 is 0 Å². The second kappa shape index (κ2) is 9.32. The molecular weight excluding hydrogens is 258 g/mol. The first-order valence-electron chi connectivity index (χ1n) is 7.73. The quantitative estimate of drug-likeness (QED) is 0.691. The third kappa shape index (κ3) is 6.20. The third-order valence-electron chi connectivity index (χ3n) is 3.36. The van der Waals surface area contributed by atoms with Gasteiger partial charge >= 0.3 is 5.97 Å². The average Bonchev–Trinajstić information content (AvgIpc) is 2.38. The maximum atomic E-state index is 11.9. The molecule has 3 unspecified atom stereocenters. The number of rotatable bonds is 8. The summed E-state index contributed by atoms with van der Waals surface area (Å²) in [5.41, 5.74) is 0. The number of hydrogen-bond acceptors (Lipinski definition) is 5. The Bertz CT molecular complexity index is 275. The molecule has 5 heteroatoms. The lowest BCUT2D eigenvalue weighted by Crippen LogP contribution is -2.44. The number of nitrogens with one attached hydrogen (secondary N) is 1. The van der Waals surface area contributed by atoms with Crippen molar-refractivity contribution in [3.63, 3.8) is 0 Å². The first-order chi connectivity index (χ1) is 9.56. The van der Waals surface area contributed by atoms with E-state index in [2.05, 4.69) is 26.1 Å². The van der Waals surface area contributed by atoms with Gasteiger partial charge in [0.1, 0.15) is 6.04 Å². The summed E-state index contributed by atoms with van der Waals surface area (Å²) in [4.78, 5) is 11.9. The molecular formula is C15H29NO4. The second-order valence-corrected chi connectivity index (χ2v) is 5.44. The van der Waals surface area contributed by atoms with Crippen LogP contribution in [0.2, 0.25) is 0 Å². The number of esters is 1. The zero-order valence-electron chi connectivity index (χ0n) is 13.2. The Labute approximate surface area is 122 Å². The van der Waals surface area contributed by atoms with Crippen LogP contribution in [0.5, 0.6) is 0 Å². The minimum Gasteiger partial charge on any atom is -0.465 e. The molecule has 0 amide bonds. The van der Waals surface area contributed by atoms with E-state index in [0.29, 0.717) is 13.2 Å². The van der Waals surface area contributed by atoms with Crippen LogP contribution in [-0.2, 0) is 19.0 Å². The molecule has 0 aromatic heterocycles. The number of ether oxygens (including phenoxy) is 3. The van der Waals surface area contributed by atoms with Gasteiger partial charge < -0.3 is 19.5 Å². The molecule has 5 nitrogen and oxygen atoms in total. The molecule has 20 heavy (non-hydrogen) atoms. The largest absolute Gasteiger partial charge is 0.465 e. The van der Waals surface area contributed by atoms with Crippen molar-refractivity contribution in [3.8, 4) is 0 Å². The van der Waals surface area contributed by atoms with Crippen LogP contribution in [-0.4, -0.2) is 50.1 Å². The molecule has 0 aromatic rings. The maximum Gasteiger partial charge on any atom is 0.325 e. The number of hydrogen-bond donors (Lipinski definition) is 1. The fourth-order valence-electron chi connectivity index (χ4n) is 2.48. The molecule has 0 bridgehead atoms. The second-order valence-electron chi connectivity index (χ2n) is 5.44. The number of carbonyl (C=O) groups is 1. The van der Waals surface area contributed by atoms with E-state index >= 15 is 0 Å². The van der Waals surface area contributed by atoms with Gasteiger partial charge in [-0.05, 0) is 46.6 Å². The zero-order valence-corrected chi connectivity index (χ0v) is 13.2. The molecule has 0 aliphatic carbocycles. The highest BCUT2D eigenvalue weighted by molar-refractivity contribution is 5.75. The molecule has 1 heterocycles. The van der Waals surface area contributed by atoms with Gasteiger partial charge in [0.15, 0.2) is 0 Å². The summed E-state index contributed by atoms with van der Waals surface area (Å²) < 4.78 is 16.7. The normalized spacial score (nSPS) is 28.1. The fourth-order valence-corrected chi connectivity index (χ4v) is 2.48. The molecule has 1 rings (SSSR count). The van der Waals surface area contributed by atoms with Crippen LogP contribution >= 0.6 is 0 Å². The zero-order chi connectivity index (χ0) is 15.0. The van der Waals surface area contributed by atoms with E-state index in [1.807, 2.05) is 6.92 Å². The van der Waals surface area contributed by atoms with Gasteiger partial charge in [-0.15, -0.1) is 0 Å². The minimum absolute atomic E-state index is 0.161. The van der Waals surface area contributed by atoms with Gasteiger partial charge in [-0.1, -0.05) is 6.92 Å². The third-order valence-corrected chi connectivity index (χ3v) is 3.36. The van der Waals surface area contributed by atoms with Crippen LogP contribution in [0.3, 0.4) is 0 Å². The highest BCUT2D eigenvalue weighted by Gasteiger charge is 2.27. The van der Waals surface area contributed by atoms with Crippen LogP contribution in [0.15, 0.2) is 0 Å². The topological polar surface area (TPSA) is 56.8 Å². The molecule has 3 atom stereocenters. The molecule has 0 radical (unpaired) electrons. The van der Waals surface area contributed by atoms with E-state index in [-0.39, 0.29) is 30.3 Å². The molecule has 0 saturated carbocycles. The Morgan fingerprint density at radius 3 is 2.50 bits per heavy atom. The SMILES string of the molecule is CCCNC(COC1CC(C)OC(C)C1)C(=O)OCC. The smallest absolute Gasteiger partial charge is 0.325 e. The molecule has 1 aliphatic rings. The lowest BCUT2D eigenvalue weighted by Gasteiger charge is -2.32. The van der Waals surface area contributed by atoms with Crippen molar-refractivity contribution in [3.05, 3.63) is 0 Å². The molecule has 118 valence electrons. The van der Waals surface area contributed by atoms with Crippen molar-refractivity contribution in [1.82, 2.24) is 5.32 Å². The maximum absolute atomic E-state index is 11.9. The molecule has 1 saturated heterocycles. The van der Waals surface area contributed by atoms with Crippen LogP contribution in [0.4, 0.5) is 0 Å². The number of carbonyl (C=O) groups excluding carboxylic acids is 1. The van der Waals surface area contributed by atoms with Gasteiger partial charge in [0.05, 0.1) is 31.5 Å². The first-order valence-corrected chi connectivity index (χ1v) is 7.73. The Kier molecular flexibility index (Phi) is 8.11. The van der Waals surface area contributed by atoms with E-state index in [0.717, 1.165) is 25.8 Å². The summed E-state index contributed by atoms with van der Waals surface area (Å²) >= 11 is 0. The van der Waals surface area contributed by atoms with Crippen molar-refractivity contribution in [1.29, 1.82) is 0 Å². The lowest BCUT2D eigenvalue weighted by molar-refractivity contribution is -0.150. The predicted octanol–water partition coefficient (Wildman–Crippen LogP) is 1.89. The van der Waals surface area contributed by atoms with Gasteiger partial charge in [0.2, 0.25) is 0 Å². The average molecular weight is 287 g/mol. The minimum atomic E-state index is -0.372. The van der Waals surface area contributed by atoms with E-state index in [9.17, 15) is 4.79 Å². The van der Waals surface area contributed by atoms with Crippen molar-refractivity contribution in [2.24, 2.45) is 0 Å². The van der Waals surface area contributed by atoms with E-state index in [1.54, 1.807) is 0 Å². The van der Waals surface area contributed by atoms with E-state index in [4.69, 9.17) is 14.2 Å². The van der Waals surface area contributed by atoms with Crippen molar-refractivity contribution in [2.45, 2.75) is 71.3 Å². The van der Waals surface area contributed by atoms with Crippen molar-refractivity contribution in [2.75, 3.05) is 19.8 Å². The van der Waals surface area contributed by atoms with Crippen LogP contribution in [0.1, 0.15) is 47.0 Å². The standard InChI is InChI=1S/C15H29NO4/c1-5-7-16-14(15(17)18-6-2)10-19-13-8-11(3)20-12(4)9-13/h11-14,16H,5-10H2,1-4H3. The van der Waals surface area contributed by atoms with Gasteiger partial charge in [-0.2, -0.15) is 0 Å². The molecule has 1 N–H and O–H groups in total. The Hall–Kier alpha value is -0.650. The summed E-state index contributed by atoms with van der Waals surface area (Å²) in [6, 6.07) is -0.372. The summed E-state index contributed by atoms with van der Waals surface area (Å²) in [6.07, 6.45) is 3.33. The van der Waals surface area contributed by atoms with Crippen molar-refractivity contribution >= 4 is 5.97 Å². The van der Waals surface area contributed by atoms with Gasteiger partial charge in [-0.3, -0.25) is 4.79 Å². The van der Waals surface area contributed by atoms with Gasteiger partial charge in [-0.25, -0.2) is 0 Å². The lowest BCUT2D eigenvalue weighted by atomic mass is 10.0. The molecule has 0 aromatic carbocycles. The Balaban J connectivity index is 2.41. The fraction of sp³-hybridized carbons (Fsp3) is 0.933.